The van der Waals surface area contributed by atoms with E-state index in [4.69, 9.17) is 17.3 Å². The molecule has 0 aliphatic rings. The molecule has 0 saturated heterocycles. The van der Waals surface area contributed by atoms with Crippen LogP contribution in [0, 0.1) is 13.8 Å². The molecule has 0 spiro atoms. The molecule has 3 heteroatoms. The Hall–Kier alpha value is -0.960. The summed E-state index contributed by atoms with van der Waals surface area (Å²) < 4.78 is 0. The molecule has 0 radical (unpaired) electrons. The SMILES string of the molecule is CCC(N)Cc1cccc(Cl)c1Sc1cc(C)ccc1C. The van der Waals surface area contributed by atoms with E-state index in [1.807, 2.05) is 12.1 Å². The first-order valence-electron chi connectivity index (χ1n) is 7.29. The maximum atomic E-state index is 6.44. The molecule has 0 aliphatic heterocycles. The van der Waals surface area contributed by atoms with Crippen molar-refractivity contribution in [3.8, 4) is 0 Å². The molecule has 0 heterocycles. The summed E-state index contributed by atoms with van der Waals surface area (Å²) in [6.45, 7) is 6.37. The van der Waals surface area contributed by atoms with Crippen molar-refractivity contribution in [1.82, 2.24) is 0 Å². The summed E-state index contributed by atoms with van der Waals surface area (Å²) in [5, 5.41) is 0.807. The Morgan fingerprint density at radius 3 is 2.67 bits per heavy atom. The van der Waals surface area contributed by atoms with Gasteiger partial charge in [-0.2, -0.15) is 0 Å². The van der Waals surface area contributed by atoms with E-state index in [1.165, 1.54) is 21.6 Å². The smallest absolute Gasteiger partial charge is 0.0548 e. The van der Waals surface area contributed by atoms with Crippen molar-refractivity contribution in [3.05, 3.63) is 58.1 Å². The third-order valence-corrected chi connectivity index (χ3v) is 5.38. The van der Waals surface area contributed by atoms with Crippen LogP contribution in [0.1, 0.15) is 30.0 Å². The van der Waals surface area contributed by atoms with Crippen molar-refractivity contribution in [2.45, 2.75) is 49.4 Å². The normalized spacial score (nSPS) is 12.4. The lowest BCUT2D eigenvalue weighted by atomic mass is 10.0. The molecule has 0 bridgehead atoms. The van der Waals surface area contributed by atoms with Crippen LogP contribution in [0.5, 0.6) is 0 Å². The lowest BCUT2D eigenvalue weighted by molar-refractivity contribution is 0.641. The maximum Gasteiger partial charge on any atom is 0.0548 e. The van der Waals surface area contributed by atoms with Crippen LogP contribution < -0.4 is 5.73 Å². The third kappa shape index (κ3) is 4.26. The van der Waals surface area contributed by atoms with Crippen molar-refractivity contribution in [3.63, 3.8) is 0 Å². The zero-order chi connectivity index (χ0) is 15.4. The van der Waals surface area contributed by atoms with Gasteiger partial charge in [-0.25, -0.2) is 0 Å². The minimum atomic E-state index is 0.182. The number of benzene rings is 2. The second-order valence-corrected chi connectivity index (χ2v) is 6.93. The Morgan fingerprint density at radius 1 is 1.19 bits per heavy atom. The standard InChI is InChI=1S/C18H22ClNS/c1-4-15(20)11-14-6-5-7-16(19)18(14)21-17-10-12(2)8-9-13(17)3/h5-10,15H,4,11,20H2,1-3H3. The highest BCUT2D eigenvalue weighted by Crippen LogP contribution is 2.38. The van der Waals surface area contributed by atoms with Crippen LogP contribution >= 0.6 is 23.4 Å². The number of rotatable bonds is 5. The van der Waals surface area contributed by atoms with Crippen LogP contribution in [0.2, 0.25) is 5.02 Å². The number of aryl methyl sites for hydroxylation is 2. The molecule has 0 aromatic heterocycles. The Balaban J connectivity index is 2.36. The molecule has 2 N–H and O–H groups in total. The number of halogens is 1. The molecule has 2 rings (SSSR count). The van der Waals surface area contributed by atoms with E-state index in [0.29, 0.717) is 0 Å². The third-order valence-electron chi connectivity index (χ3n) is 3.61. The molecular formula is C18H22ClNS. The van der Waals surface area contributed by atoms with Crippen LogP contribution in [0.3, 0.4) is 0 Å². The number of nitrogens with two attached hydrogens (primary N) is 1. The van der Waals surface area contributed by atoms with E-state index in [0.717, 1.165) is 22.8 Å². The van der Waals surface area contributed by atoms with Gasteiger partial charge in [0.25, 0.3) is 0 Å². The Labute approximate surface area is 136 Å². The Kier molecular flexibility index (Phi) is 5.74. The molecule has 1 atom stereocenters. The first kappa shape index (κ1) is 16.4. The first-order chi connectivity index (χ1) is 10.0. The molecule has 1 unspecified atom stereocenters. The molecular weight excluding hydrogens is 298 g/mol. The first-order valence-corrected chi connectivity index (χ1v) is 8.48. The molecule has 0 amide bonds. The fourth-order valence-corrected chi connectivity index (χ4v) is 3.63. The second kappa shape index (κ2) is 7.35. The van der Waals surface area contributed by atoms with Crippen molar-refractivity contribution in [1.29, 1.82) is 0 Å². The van der Waals surface area contributed by atoms with Crippen molar-refractivity contribution in [2.75, 3.05) is 0 Å². The Bertz CT molecular complexity index is 625. The van der Waals surface area contributed by atoms with Crippen LogP contribution in [0.25, 0.3) is 0 Å². The molecule has 2 aromatic carbocycles. The van der Waals surface area contributed by atoms with E-state index in [9.17, 15) is 0 Å². The van der Waals surface area contributed by atoms with Crippen LogP contribution in [0.15, 0.2) is 46.2 Å². The summed E-state index contributed by atoms with van der Waals surface area (Å²) in [7, 11) is 0. The average molecular weight is 320 g/mol. The van der Waals surface area contributed by atoms with Gasteiger partial charge >= 0.3 is 0 Å². The highest BCUT2D eigenvalue weighted by atomic mass is 35.5. The van der Waals surface area contributed by atoms with Gasteiger partial charge in [0.1, 0.15) is 0 Å². The summed E-state index contributed by atoms with van der Waals surface area (Å²) in [4.78, 5) is 2.39. The minimum Gasteiger partial charge on any atom is -0.327 e. The van der Waals surface area contributed by atoms with E-state index in [1.54, 1.807) is 11.8 Å². The van der Waals surface area contributed by atoms with Crippen LogP contribution in [-0.4, -0.2) is 6.04 Å². The van der Waals surface area contributed by atoms with E-state index >= 15 is 0 Å². The van der Waals surface area contributed by atoms with Gasteiger partial charge in [-0.3, -0.25) is 0 Å². The van der Waals surface area contributed by atoms with Gasteiger partial charge in [0.05, 0.1) is 5.02 Å². The monoisotopic (exact) mass is 319 g/mol. The summed E-state index contributed by atoms with van der Waals surface area (Å²) in [6, 6.07) is 12.8. The van der Waals surface area contributed by atoms with E-state index in [2.05, 4.69) is 45.0 Å². The highest BCUT2D eigenvalue weighted by molar-refractivity contribution is 7.99. The highest BCUT2D eigenvalue weighted by Gasteiger charge is 2.12. The van der Waals surface area contributed by atoms with Crippen molar-refractivity contribution < 1.29 is 0 Å². The lowest BCUT2D eigenvalue weighted by Gasteiger charge is -2.15. The average Bonchev–Trinajstić information content (AvgIpc) is 2.46. The predicted octanol–water partition coefficient (Wildman–Crippen LogP) is 5.39. The zero-order valence-electron chi connectivity index (χ0n) is 12.8. The topological polar surface area (TPSA) is 26.0 Å². The summed E-state index contributed by atoms with van der Waals surface area (Å²) >= 11 is 8.18. The fraction of sp³-hybridized carbons (Fsp3) is 0.333. The molecule has 0 saturated carbocycles. The molecule has 0 aliphatic carbocycles. The second-order valence-electron chi connectivity index (χ2n) is 5.47. The summed E-state index contributed by atoms with van der Waals surface area (Å²) in [5.41, 5.74) is 9.90. The van der Waals surface area contributed by atoms with Gasteiger partial charge in [0.2, 0.25) is 0 Å². The molecule has 112 valence electrons. The van der Waals surface area contributed by atoms with Gasteiger partial charge in [-0.1, -0.05) is 54.6 Å². The molecule has 0 fully saturated rings. The van der Waals surface area contributed by atoms with Gasteiger partial charge in [0.15, 0.2) is 0 Å². The van der Waals surface area contributed by atoms with Gasteiger partial charge in [0, 0.05) is 15.8 Å². The lowest BCUT2D eigenvalue weighted by Crippen LogP contribution is -2.21. The molecule has 21 heavy (non-hydrogen) atoms. The van der Waals surface area contributed by atoms with Gasteiger partial charge in [-0.05, 0) is 55.5 Å². The van der Waals surface area contributed by atoms with Crippen LogP contribution in [0.4, 0.5) is 0 Å². The predicted molar refractivity (Wildman–Crippen MR) is 93.5 cm³/mol. The molecule has 2 aromatic rings. The Morgan fingerprint density at radius 2 is 1.95 bits per heavy atom. The van der Waals surface area contributed by atoms with Gasteiger partial charge in [-0.15, -0.1) is 0 Å². The van der Waals surface area contributed by atoms with E-state index in [-0.39, 0.29) is 6.04 Å². The van der Waals surface area contributed by atoms with E-state index < -0.39 is 0 Å². The number of hydrogen-bond acceptors (Lipinski definition) is 2. The van der Waals surface area contributed by atoms with Gasteiger partial charge < -0.3 is 5.73 Å². The van der Waals surface area contributed by atoms with Crippen molar-refractivity contribution >= 4 is 23.4 Å². The maximum absolute atomic E-state index is 6.44. The van der Waals surface area contributed by atoms with Crippen LogP contribution in [-0.2, 0) is 6.42 Å². The molecule has 1 nitrogen and oxygen atoms in total. The summed E-state index contributed by atoms with van der Waals surface area (Å²) in [5.74, 6) is 0. The minimum absolute atomic E-state index is 0.182. The summed E-state index contributed by atoms with van der Waals surface area (Å²) in [6.07, 6.45) is 1.84. The largest absolute Gasteiger partial charge is 0.327 e. The zero-order valence-corrected chi connectivity index (χ0v) is 14.4. The van der Waals surface area contributed by atoms with Crippen molar-refractivity contribution in [2.24, 2.45) is 5.73 Å². The fourth-order valence-electron chi connectivity index (χ4n) is 2.18. The number of hydrogen-bond donors (Lipinski definition) is 1. The quantitative estimate of drug-likeness (QED) is 0.799.